The van der Waals surface area contributed by atoms with Crippen molar-refractivity contribution in [3.8, 4) is 11.1 Å². The molecule has 0 fully saturated rings. The lowest BCUT2D eigenvalue weighted by atomic mass is 10.0. The van der Waals surface area contributed by atoms with E-state index in [0.29, 0.717) is 0 Å². The van der Waals surface area contributed by atoms with E-state index in [1.54, 1.807) is 0 Å². The molecule has 4 heterocycles. The Labute approximate surface area is 153 Å². The van der Waals surface area contributed by atoms with Crippen LogP contribution in [0, 0.1) is 6.92 Å². The normalized spacial score (nSPS) is 11.3. The largest absolute Gasteiger partial charge is 0.373 e. The standard InChI is InChI=1S/C21H23N5/c1-4-5-6-16-9-14(2)18(13-24-16)17-10-15-12-25-20(22-3)11-19(15)26-8-7-23-21(17)26/h7-13H,4-6H2,1-3H3,(H,22,25). The highest BCUT2D eigenvalue weighted by Gasteiger charge is 2.13. The Bertz CT molecular complexity index is 1080. The maximum Gasteiger partial charge on any atom is 0.145 e. The van der Waals surface area contributed by atoms with Crippen LogP contribution >= 0.6 is 0 Å². The Morgan fingerprint density at radius 2 is 1.92 bits per heavy atom. The van der Waals surface area contributed by atoms with Crippen LogP contribution in [-0.4, -0.2) is 26.4 Å². The minimum absolute atomic E-state index is 0.846. The SMILES string of the molecule is CCCCc1cc(C)c(-c2cc3cnc(NC)cc3n3ccnc23)cn1. The first-order chi connectivity index (χ1) is 12.7. The third-order valence-corrected chi connectivity index (χ3v) is 4.85. The summed E-state index contributed by atoms with van der Waals surface area (Å²) in [6.45, 7) is 4.36. The van der Waals surface area contributed by atoms with Crippen LogP contribution in [0.4, 0.5) is 5.82 Å². The molecule has 4 aromatic heterocycles. The molecule has 0 aliphatic rings. The third kappa shape index (κ3) is 2.79. The van der Waals surface area contributed by atoms with Crippen LogP contribution < -0.4 is 5.32 Å². The molecule has 0 aromatic carbocycles. The second-order valence-electron chi connectivity index (χ2n) is 6.65. The Balaban J connectivity index is 1.89. The lowest BCUT2D eigenvalue weighted by molar-refractivity contribution is 0.776. The van der Waals surface area contributed by atoms with Crippen molar-refractivity contribution in [2.24, 2.45) is 0 Å². The second kappa shape index (κ2) is 6.75. The summed E-state index contributed by atoms with van der Waals surface area (Å²) in [6.07, 6.45) is 11.1. The molecule has 0 atom stereocenters. The van der Waals surface area contributed by atoms with E-state index in [1.165, 1.54) is 18.4 Å². The Hall–Kier alpha value is -2.95. The van der Waals surface area contributed by atoms with Gasteiger partial charge >= 0.3 is 0 Å². The van der Waals surface area contributed by atoms with Gasteiger partial charge in [-0.15, -0.1) is 0 Å². The van der Waals surface area contributed by atoms with Crippen LogP contribution in [0.2, 0.25) is 0 Å². The monoisotopic (exact) mass is 345 g/mol. The average Bonchev–Trinajstić information content (AvgIpc) is 3.16. The number of nitrogens with zero attached hydrogens (tertiary/aromatic N) is 4. The summed E-state index contributed by atoms with van der Waals surface area (Å²) in [5.74, 6) is 0.846. The van der Waals surface area contributed by atoms with Crippen LogP contribution in [0.5, 0.6) is 0 Å². The van der Waals surface area contributed by atoms with Crippen molar-refractivity contribution in [1.29, 1.82) is 0 Å². The Kier molecular flexibility index (Phi) is 4.29. The lowest BCUT2D eigenvalue weighted by Crippen LogP contribution is -1.98. The number of nitrogens with one attached hydrogen (secondary N) is 1. The quantitative estimate of drug-likeness (QED) is 0.572. The molecular formula is C21H23N5. The van der Waals surface area contributed by atoms with Gasteiger partial charge < -0.3 is 5.32 Å². The highest BCUT2D eigenvalue weighted by Crippen LogP contribution is 2.31. The molecule has 26 heavy (non-hydrogen) atoms. The van der Waals surface area contributed by atoms with E-state index in [4.69, 9.17) is 0 Å². The number of pyridine rings is 3. The minimum atomic E-state index is 0.846. The van der Waals surface area contributed by atoms with Crippen molar-refractivity contribution in [2.75, 3.05) is 12.4 Å². The highest BCUT2D eigenvalue weighted by atomic mass is 15.0. The molecule has 4 aromatic rings. The van der Waals surface area contributed by atoms with Gasteiger partial charge in [-0.25, -0.2) is 9.97 Å². The molecule has 0 unspecified atom stereocenters. The highest BCUT2D eigenvalue weighted by molar-refractivity contribution is 5.92. The summed E-state index contributed by atoms with van der Waals surface area (Å²) >= 11 is 0. The van der Waals surface area contributed by atoms with Crippen LogP contribution in [0.15, 0.2) is 43.0 Å². The van der Waals surface area contributed by atoms with Crippen LogP contribution in [-0.2, 0) is 6.42 Å². The zero-order valence-electron chi connectivity index (χ0n) is 15.5. The molecule has 4 rings (SSSR count). The summed E-state index contributed by atoms with van der Waals surface area (Å²) in [5, 5.41) is 4.18. The molecule has 5 heteroatoms. The first kappa shape index (κ1) is 16.5. The molecule has 0 radical (unpaired) electrons. The number of unbranched alkanes of at least 4 members (excludes halogenated alkanes) is 1. The second-order valence-corrected chi connectivity index (χ2v) is 6.65. The molecule has 132 valence electrons. The summed E-state index contributed by atoms with van der Waals surface area (Å²) in [7, 11) is 1.88. The van der Waals surface area contributed by atoms with E-state index in [0.717, 1.165) is 45.6 Å². The molecule has 0 spiro atoms. The first-order valence-corrected chi connectivity index (χ1v) is 9.10. The van der Waals surface area contributed by atoms with Gasteiger partial charge in [-0.3, -0.25) is 9.38 Å². The zero-order chi connectivity index (χ0) is 18.1. The molecule has 0 amide bonds. The number of imidazole rings is 1. The fourth-order valence-electron chi connectivity index (χ4n) is 3.42. The number of rotatable bonds is 5. The number of hydrogen-bond acceptors (Lipinski definition) is 4. The summed E-state index contributed by atoms with van der Waals surface area (Å²) in [4.78, 5) is 13.8. The summed E-state index contributed by atoms with van der Waals surface area (Å²) in [6, 6.07) is 6.42. The summed E-state index contributed by atoms with van der Waals surface area (Å²) in [5.41, 5.74) is 6.64. The van der Waals surface area contributed by atoms with Gasteiger partial charge in [-0.05, 0) is 37.5 Å². The van der Waals surface area contributed by atoms with Crippen molar-refractivity contribution < 1.29 is 0 Å². The Morgan fingerprint density at radius 1 is 1.04 bits per heavy atom. The van der Waals surface area contributed by atoms with E-state index in [2.05, 4.69) is 50.6 Å². The van der Waals surface area contributed by atoms with Crippen LogP contribution in [0.3, 0.4) is 0 Å². The van der Waals surface area contributed by atoms with E-state index in [9.17, 15) is 0 Å². The van der Waals surface area contributed by atoms with Crippen molar-refractivity contribution in [1.82, 2.24) is 19.4 Å². The van der Waals surface area contributed by atoms with Gasteiger partial charge in [0.1, 0.15) is 11.5 Å². The van der Waals surface area contributed by atoms with Crippen LogP contribution in [0.1, 0.15) is 31.0 Å². The third-order valence-electron chi connectivity index (χ3n) is 4.85. The molecule has 0 aliphatic carbocycles. The molecule has 0 saturated carbocycles. The number of hydrogen-bond donors (Lipinski definition) is 1. The van der Waals surface area contributed by atoms with Gasteiger partial charge in [0, 0.05) is 60.1 Å². The number of fused-ring (bicyclic) bond motifs is 3. The first-order valence-electron chi connectivity index (χ1n) is 9.10. The molecule has 1 N–H and O–H groups in total. The van der Waals surface area contributed by atoms with E-state index in [1.807, 2.05) is 37.9 Å². The van der Waals surface area contributed by atoms with Gasteiger partial charge in [0.15, 0.2) is 0 Å². The number of aromatic nitrogens is 4. The maximum absolute atomic E-state index is 4.69. The van der Waals surface area contributed by atoms with Gasteiger partial charge in [0.2, 0.25) is 0 Å². The minimum Gasteiger partial charge on any atom is -0.373 e. The summed E-state index contributed by atoms with van der Waals surface area (Å²) < 4.78 is 2.12. The zero-order valence-corrected chi connectivity index (χ0v) is 15.5. The predicted octanol–water partition coefficient (Wildman–Crippen LogP) is 4.64. The van der Waals surface area contributed by atoms with Gasteiger partial charge in [-0.2, -0.15) is 0 Å². The maximum atomic E-state index is 4.69. The molecule has 0 aliphatic heterocycles. The van der Waals surface area contributed by atoms with E-state index < -0.39 is 0 Å². The molecule has 0 saturated heterocycles. The molecule has 5 nitrogen and oxygen atoms in total. The Morgan fingerprint density at radius 3 is 2.69 bits per heavy atom. The number of aryl methyl sites for hydroxylation is 2. The van der Waals surface area contributed by atoms with Crippen LogP contribution in [0.25, 0.3) is 27.7 Å². The van der Waals surface area contributed by atoms with E-state index >= 15 is 0 Å². The van der Waals surface area contributed by atoms with Crippen molar-refractivity contribution in [3.63, 3.8) is 0 Å². The van der Waals surface area contributed by atoms with Gasteiger partial charge in [0.25, 0.3) is 0 Å². The smallest absolute Gasteiger partial charge is 0.145 e. The average molecular weight is 345 g/mol. The van der Waals surface area contributed by atoms with Gasteiger partial charge in [0.05, 0.1) is 5.52 Å². The molecule has 0 bridgehead atoms. The fraction of sp³-hybridized carbons (Fsp3) is 0.286. The number of anilines is 1. The van der Waals surface area contributed by atoms with Gasteiger partial charge in [-0.1, -0.05) is 13.3 Å². The fourth-order valence-corrected chi connectivity index (χ4v) is 3.42. The van der Waals surface area contributed by atoms with Crippen molar-refractivity contribution >= 4 is 22.4 Å². The lowest BCUT2D eigenvalue weighted by Gasteiger charge is -2.12. The van der Waals surface area contributed by atoms with Crippen molar-refractivity contribution in [3.05, 3.63) is 54.2 Å². The molecular weight excluding hydrogens is 322 g/mol. The predicted molar refractivity (Wildman–Crippen MR) is 107 cm³/mol. The van der Waals surface area contributed by atoms with E-state index in [-0.39, 0.29) is 0 Å². The topological polar surface area (TPSA) is 55.1 Å². The van der Waals surface area contributed by atoms with Crippen molar-refractivity contribution in [2.45, 2.75) is 33.1 Å².